The van der Waals surface area contributed by atoms with Crippen molar-refractivity contribution in [3.63, 3.8) is 0 Å². The smallest absolute Gasteiger partial charge is 0.279 e. The predicted octanol–water partition coefficient (Wildman–Crippen LogP) is 4.79. The number of hydrogen-bond acceptors (Lipinski definition) is 5. The van der Waals surface area contributed by atoms with Gasteiger partial charge < -0.3 is 15.4 Å². The van der Waals surface area contributed by atoms with E-state index in [4.69, 9.17) is 5.73 Å². The Hall–Kier alpha value is -3.29. The average molecular weight is 433 g/mol. The SMILES string of the molecule is C=NCc1cn(Cc2cc(F)cc(F)c2)c(N)nc1=O.CC.CC1=CC=C(O)C1(C)C. The molecule has 3 rings (SSSR count). The molecule has 0 aliphatic heterocycles. The van der Waals surface area contributed by atoms with Gasteiger partial charge >= 0.3 is 0 Å². The van der Waals surface area contributed by atoms with Crippen LogP contribution >= 0.6 is 0 Å². The minimum absolute atomic E-state index is 0.0347. The lowest BCUT2D eigenvalue weighted by Crippen LogP contribution is -2.21. The van der Waals surface area contributed by atoms with E-state index in [1.54, 1.807) is 6.08 Å². The van der Waals surface area contributed by atoms with Crippen molar-refractivity contribution in [2.75, 3.05) is 5.73 Å². The molecule has 1 aliphatic carbocycles. The predicted molar refractivity (Wildman–Crippen MR) is 121 cm³/mol. The second-order valence-corrected chi connectivity index (χ2v) is 7.24. The van der Waals surface area contributed by atoms with Crippen LogP contribution in [0, 0.1) is 17.0 Å². The summed E-state index contributed by atoms with van der Waals surface area (Å²) in [6.07, 6.45) is 5.17. The summed E-state index contributed by atoms with van der Waals surface area (Å²) >= 11 is 0. The number of anilines is 1. The van der Waals surface area contributed by atoms with Crippen molar-refractivity contribution in [2.24, 2.45) is 10.4 Å². The molecule has 0 fully saturated rings. The Kier molecular flexibility index (Phi) is 9.30. The van der Waals surface area contributed by atoms with Crippen molar-refractivity contribution in [3.05, 3.63) is 81.0 Å². The number of aliphatic hydroxyl groups excluding tert-OH is 1. The first-order valence-corrected chi connectivity index (χ1v) is 9.86. The third-order valence-electron chi connectivity index (χ3n) is 4.77. The van der Waals surface area contributed by atoms with Crippen molar-refractivity contribution in [3.8, 4) is 0 Å². The average Bonchev–Trinajstić information content (AvgIpc) is 2.93. The third kappa shape index (κ3) is 6.87. The first-order valence-electron chi connectivity index (χ1n) is 9.86. The summed E-state index contributed by atoms with van der Waals surface area (Å²) in [5.74, 6) is -0.923. The highest BCUT2D eigenvalue weighted by Gasteiger charge is 2.27. The molecule has 2 aromatic rings. The van der Waals surface area contributed by atoms with Crippen LogP contribution in [0.3, 0.4) is 0 Å². The van der Waals surface area contributed by atoms with E-state index in [0.29, 0.717) is 16.9 Å². The molecule has 0 unspecified atom stereocenters. The van der Waals surface area contributed by atoms with Gasteiger partial charge in [-0.25, -0.2) is 8.78 Å². The topological polar surface area (TPSA) is 93.5 Å². The van der Waals surface area contributed by atoms with E-state index in [1.165, 1.54) is 28.5 Å². The fourth-order valence-corrected chi connectivity index (χ4v) is 2.63. The summed E-state index contributed by atoms with van der Waals surface area (Å²) in [6.45, 7) is 13.5. The maximum atomic E-state index is 13.1. The van der Waals surface area contributed by atoms with E-state index < -0.39 is 17.2 Å². The van der Waals surface area contributed by atoms with Gasteiger partial charge in [0.2, 0.25) is 5.95 Å². The first kappa shape index (κ1) is 25.7. The molecule has 1 heterocycles. The molecule has 0 atom stereocenters. The highest BCUT2D eigenvalue weighted by atomic mass is 19.1. The highest BCUT2D eigenvalue weighted by molar-refractivity contribution is 5.34. The molecule has 0 amide bonds. The van der Waals surface area contributed by atoms with Gasteiger partial charge in [0.15, 0.2) is 0 Å². The molecular weight excluding hydrogens is 402 g/mol. The lowest BCUT2D eigenvalue weighted by Gasteiger charge is -2.20. The number of aliphatic imine (C=N–C) groups is 1. The van der Waals surface area contributed by atoms with Crippen molar-refractivity contribution < 1.29 is 13.9 Å². The molecule has 8 heteroatoms. The van der Waals surface area contributed by atoms with Gasteiger partial charge in [-0.1, -0.05) is 25.5 Å². The number of aliphatic hydroxyl groups is 1. The van der Waals surface area contributed by atoms with Gasteiger partial charge in [0.1, 0.15) is 17.4 Å². The molecule has 0 saturated heterocycles. The molecule has 1 aromatic heterocycles. The molecule has 0 radical (unpaired) electrons. The second kappa shape index (κ2) is 11.2. The molecule has 0 saturated carbocycles. The Labute approximate surface area is 181 Å². The molecule has 31 heavy (non-hydrogen) atoms. The summed E-state index contributed by atoms with van der Waals surface area (Å²) in [7, 11) is 0. The minimum atomic E-state index is -0.680. The van der Waals surface area contributed by atoms with Gasteiger partial charge in [0.25, 0.3) is 5.56 Å². The number of allylic oxidation sites excluding steroid dienone is 3. The molecule has 3 N–H and O–H groups in total. The van der Waals surface area contributed by atoms with Crippen LogP contribution in [0.25, 0.3) is 0 Å². The van der Waals surface area contributed by atoms with E-state index in [-0.39, 0.29) is 24.5 Å². The Morgan fingerprint density at radius 3 is 2.19 bits per heavy atom. The number of aromatic nitrogens is 2. The van der Waals surface area contributed by atoms with E-state index in [2.05, 4.69) is 16.7 Å². The molecule has 0 bridgehead atoms. The zero-order chi connectivity index (χ0) is 23.8. The zero-order valence-electron chi connectivity index (χ0n) is 18.6. The van der Waals surface area contributed by atoms with Crippen LogP contribution in [0.5, 0.6) is 0 Å². The van der Waals surface area contributed by atoms with Crippen molar-refractivity contribution in [2.45, 2.75) is 47.7 Å². The first-order chi connectivity index (χ1) is 14.5. The monoisotopic (exact) mass is 432 g/mol. The Morgan fingerprint density at radius 1 is 1.19 bits per heavy atom. The summed E-state index contributed by atoms with van der Waals surface area (Å²) in [5, 5.41) is 9.24. The number of nitrogens with zero attached hydrogens (tertiary/aromatic N) is 3. The van der Waals surface area contributed by atoms with E-state index in [1.807, 2.05) is 40.7 Å². The van der Waals surface area contributed by atoms with Gasteiger partial charge in [-0.2, -0.15) is 4.98 Å². The summed E-state index contributed by atoms with van der Waals surface area (Å²) in [6, 6.07) is 3.15. The Bertz CT molecular complexity index is 1000. The molecule has 168 valence electrons. The highest BCUT2D eigenvalue weighted by Crippen LogP contribution is 2.36. The lowest BCUT2D eigenvalue weighted by atomic mass is 9.87. The molecule has 6 nitrogen and oxygen atoms in total. The van der Waals surface area contributed by atoms with Gasteiger partial charge in [-0.3, -0.25) is 9.79 Å². The number of benzene rings is 1. The van der Waals surface area contributed by atoms with Crippen LogP contribution in [-0.4, -0.2) is 21.4 Å². The van der Waals surface area contributed by atoms with Gasteiger partial charge in [-0.15, -0.1) is 0 Å². The van der Waals surface area contributed by atoms with Crippen molar-refractivity contribution >= 4 is 12.7 Å². The van der Waals surface area contributed by atoms with E-state index >= 15 is 0 Å². The summed E-state index contributed by atoms with van der Waals surface area (Å²) < 4.78 is 27.7. The second-order valence-electron chi connectivity index (χ2n) is 7.24. The van der Waals surface area contributed by atoms with Crippen LogP contribution in [0.4, 0.5) is 14.7 Å². The third-order valence-corrected chi connectivity index (χ3v) is 4.77. The fraction of sp³-hybridized carbons (Fsp3) is 0.348. The zero-order valence-corrected chi connectivity index (χ0v) is 18.6. The quantitative estimate of drug-likeness (QED) is 0.679. The number of nitrogen functional groups attached to an aromatic ring is 1. The van der Waals surface area contributed by atoms with Crippen LogP contribution in [0.1, 0.15) is 45.7 Å². The minimum Gasteiger partial charge on any atom is -0.511 e. The van der Waals surface area contributed by atoms with Crippen LogP contribution in [0.2, 0.25) is 0 Å². The number of hydrogen-bond donors (Lipinski definition) is 2. The molecule has 1 aromatic carbocycles. The largest absolute Gasteiger partial charge is 0.511 e. The lowest BCUT2D eigenvalue weighted by molar-refractivity contribution is 0.299. The summed E-state index contributed by atoms with van der Waals surface area (Å²) in [4.78, 5) is 18.8. The normalized spacial score (nSPS) is 13.8. The number of halogens is 2. The van der Waals surface area contributed by atoms with Crippen LogP contribution in [-0.2, 0) is 13.1 Å². The van der Waals surface area contributed by atoms with Crippen LogP contribution in [0.15, 0.2) is 57.7 Å². The Morgan fingerprint density at radius 2 is 1.77 bits per heavy atom. The van der Waals surface area contributed by atoms with Crippen molar-refractivity contribution in [1.82, 2.24) is 9.55 Å². The maximum absolute atomic E-state index is 13.1. The standard InChI is InChI=1S/C13H12F2N4O.C8H12O.C2H6/c1-17-5-9-7-19(13(16)18-12(9)20)6-8-2-10(14)4-11(15)3-8;1-6-4-5-7(9)8(6,2)3;1-2/h2-4,7H,1,5-6H2,(H2,16,18,20);4-5,9H,1-3H3;1-2H3. The fourth-order valence-electron chi connectivity index (χ4n) is 2.63. The van der Waals surface area contributed by atoms with Crippen molar-refractivity contribution in [1.29, 1.82) is 0 Å². The molecular formula is C23H30F2N4O2. The van der Waals surface area contributed by atoms with E-state index in [9.17, 15) is 18.7 Å². The molecule has 1 aliphatic rings. The molecule has 0 spiro atoms. The number of rotatable bonds is 4. The van der Waals surface area contributed by atoms with Gasteiger partial charge in [0, 0.05) is 17.7 Å². The number of nitrogens with two attached hydrogens (primary N) is 1. The van der Waals surface area contributed by atoms with Gasteiger partial charge in [0.05, 0.1) is 18.7 Å². The van der Waals surface area contributed by atoms with E-state index in [0.717, 1.165) is 6.07 Å². The summed E-state index contributed by atoms with van der Waals surface area (Å²) in [5.41, 5.74) is 6.93. The Balaban J connectivity index is 0.000000365. The maximum Gasteiger partial charge on any atom is 0.279 e. The van der Waals surface area contributed by atoms with Crippen LogP contribution < -0.4 is 11.3 Å². The van der Waals surface area contributed by atoms with Gasteiger partial charge in [-0.05, 0) is 51.3 Å².